The van der Waals surface area contributed by atoms with Gasteiger partial charge in [0.2, 0.25) is 5.91 Å². The summed E-state index contributed by atoms with van der Waals surface area (Å²) in [4.78, 5) is 12.1. The molecule has 0 atom stereocenters. The van der Waals surface area contributed by atoms with E-state index in [4.69, 9.17) is 0 Å². The highest BCUT2D eigenvalue weighted by Crippen LogP contribution is 2.20. The molecule has 2 rings (SSSR count). The Morgan fingerprint density at radius 1 is 1.05 bits per heavy atom. The van der Waals surface area contributed by atoms with Crippen molar-refractivity contribution in [1.82, 2.24) is 5.32 Å². The molecule has 5 heteroatoms. The van der Waals surface area contributed by atoms with Crippen molar-refractivity contribution in [2.24, 2.45) is 0 Å². The summed E-state index contributed by atoms with van der Waals surface area (Å²) in [5, 5.41) is 2.76. The zero-order valence-corrected chi connectivity index (χ0v) is 12.1. The van der Waals surface area contributed by atoms with Gasteiger partial charge in [0.1, 0.15) is 11.6 Å². The van der Waals surface area contributed by atoms with Crippen molar-refractivity contribution in [2.75, 3.05) is 12.3 Å². The van der Waals surface area contributed by atoms with Crippen LogP contribution in [-0.2, 0) is 11.2 Å². The molecule has 0 fully saturated rings. The first-order valence-corrected chi connectivity index (χ1v) is 7.52. The molecule has 0 spiro atoms. The maximum absolute atomic E-state index is 13.4. The number of hydrogen-bond donors (Lipinski definition) is 1. The van der Waals surface area contributed by atoms with Gasteiger partial charge in [-0.05, 0) is 36.2 Å². The van der Waals surface area contributed by atoms with Gasteiger partial charge in [0.15, 0.2) is 0 Å². The summed E-state index contributed by atoms with van der Waals surface area (Å²) in [6.07, 6.45) is 0.635. The van der Waals surface area contributed by atoms with Gasteiger partial charge in [-0.2, -0.15) is 0 Å². The van der Waals surface area contributed by atoms with Crippen molar-refractivity contribution in [2.45, 2.75) is 11.3 Å². The van der Waals surface area contributed by atoms with Crippen molar-refractivity contribution in [1.29, 1.82) is 0 Å². The number of benzene rings is 2. The number of rotatable bonds is 6. The van der Waals surface area contributed by atoms with Crippen LogP contribution in [0.1, 0.15) is 5.56 Å². The van der Waals surface area contributed by atoms with Crippen molar-refractivity contribution < 1.29 is 13.6 Å². The highest BCUT2D eigenvalue weighted by atomic mass is 32.2. The molecule has 0 unspecified atom stereocenters. The van der Waals surface area contributed by atoms with E-state index in [-0.39, 0.29) is 23.3 Å². The van der Waals surface area contributed by atoms with Gasteiger partial charge in [-0.25, -0.2) is 8.78 Å². The van der Waals surface area contributed by atoms with Crippen LogP contribution in [0.2, 0.25) is 0 Å². The molecular formula is C16H15F2NOS. The first kappa shape index (κ1) is 15.5. The lowest BCUT2D eigenvalue weighted by molar-refractivity contribution is -0.118. The van der Waals surface area contributed by atoms with Crippen molar-refractivity contribution >= 4 is 17.7 Å². The molecule has 21 heavy (non-hydrogen) atoms. The third-order valence-electron chi connectivity index (χ3n) is 2.84. The van der Waals surface area contributed by atoms with E-state index >= 15 is 0 Å². The van der Waals surface area contributed by atoms with E-state index in [2.05, 4.69) is 5.32 Å². The predicted molar refractivity (Wildman–Crippen MR) is 80.2 cm³/mol. The van der Waals surface area contributed by atoms with E-state index in [1.54, 1.807) is 30.3 Å². The van der Waals surface area contributed by atoms with Crippen LogP contribution in [-0.4, -0.2) is 18.2 Å². The molecular weight excluding hydrogens is 292 g/mol. The Bertz CT molecular complexity index is 601. The van der Waals surface area contributed by atoms with E-state index in [1.807, 2.05) is 0 Å². The van der Waals surface area contributed by atoms with Crippen molar-refractivity contribution in [3.8, 4) is 0 Å². The largest absolute Gasteiger partial charge is 0.355 e. The highest BCUT2D eigenvalue weighted by molar-refractivity contribution is 8.00. The molecule has 110 valence electrons. The Morgan fingerprint density at radius 2 is 1.76 bits per heavy atom. The molecule has 2 nitrogen and oxygen atoms in total. The molecule has 0 saturated carbocycles. The van der Waals surface area contributed by atoms with Crippen molar-refractivity contribution in [3.63, 3.8) is 0 Å². The van der Waals surface area contributed by atoms with Gasteiger partial charge in [-0.1, -0.05) is 24.3 Å². The number of hydrogen-bond acceptors (Lipinski definition) is 2. The average molecular weight is 307 g/mol. The minimum atomic E-state index is -0.318. The monoisotopic (exact) mass is 307 g/mol. The molecule has 0 heterocycles. The third kappa shape index (κ3) is 5.19. The second kappa shape index (κ2) is 7.78. The van der Waals surface area contributed by atoms with Crippen LogP contribution in [0.5, 0.6) is 0 Å². The molecule has 0 aromatic heterocycles. The summed E-state index contributed by atoms with van der Waals surface area (Å²) < 4.78 is 26.1. The molecule has 0 bridgehead atoms. The van der Waals surface area contributed by atoms with Crippen LogP contribution >= 0.6 is 11.8 Å². The van der Waals surface area contributed by atoms with Crippen LogP contribution < -0.4 is 5.32 Å². The second-order valence-electron chi connectivity index (χ2n) is 4.45. The number of amides is 1. The standard InChI is InChI=1S/C16H15F2NOS/c17-13-7-5-12(6-8-13)9-10-19-16(20)11-21-15-4-2-1-3-14(15)18/h1-8H,9-11H2,(H,19,20). The zero-order valence-electron chi connectivity index (χ0n) is 11.3. The van der Waals surface area contributed by atoms with Crippen LogP contribution in [0.4, 0.5) is 8.78 Å². The molecule has 0 radical (unpaired) electrons. The van der Waals surface area contributed by atoms with Crippen LogP contribution in [0, 0.1) is 11.6 Å². The lowest BCUT2D eigenvalue weighted by Gasteiger charge is -2.06. The maximum atomic E-state index is 13.4. The highest BCUT2D eigenvalue weighted by Gasteiger charge is 2.05. The van der Waals surface area contributed by atoms with E-state index in [0.29, 0.717) is 17.9 Å². The first-order chi connectivity index (χ1) is 10.1. The molecule has 0 aliphatic heterocycles. The number of carbonyl (C=O) groups excluding carboxylic acids is 1. The van der Waals surface area contributed by atoms with Crippen LogP contribution in [0.3, 0.4) is 0 Å². The summed E-state index contributed by atoms with van der Waals surface area (Å²) in [6, 6.07) is 12.5. The fourth-order valence-electron chi connectivity index (χ4n) is 1.75. The Kier molecular flexibility index (Phi) is 5.75. The summed E-state index contributed by atoms with van der Waals surface area (Å²) in [5.41, 5.74) is 0.957. The molecule has 0 saturated heterocycles. The maximum Gasteiger partial charge on any atom is 0.230 e. The topological polar surface area (TPSA) is 29.1 Å². The van der Waals surface area contributed by atoms with Gasteiger partial charge < -0.3 is 5.32 Å². The summed E-state index contributed by atoms with van der Waals surface area (Å²) in [6.45, 7) is 0.475. The molecule has 2 aromatic carbocycles. The number of carbonyl (C=O) groups is 1. The fraction of sp³-hybridized carbons (Fsp3) is 0.188. The number of halogens is 2. The number of thioether (sulfide) groups is 1. The Hall–Kier alpha value is -1.88. The zero-order chi connectivity index (χ0) is 15.1. The van der Waals surface area contributed by atoms with Crippen LogP contribution in [0.15, 0.2) is 53.4 Å². The van der Waals surface area contributed by atoms with E-state index in [1.165, 1.54) is 30.0 Å². The summed E-state index contributed by atoms with van der Waals surface area (Å²) in [5.74, 6) is -0.569. The second-order valence-corrected chi connectivity index (χ2v) is 5.46. The molecule has 1 amide bonds. The Balaban J connectivity index is 1.70. The van der Waals surface area contributed by atoms with E-state index < -0.39 is 0 Å². The van der Waals surface area contributed by atoms with E-state index in [0.717, 1.165) is 5.56 Å². The molecule has 1 N–H and O–H groups in total. The van der Waals surface area contributed by atoms with Gasteiger partial charge in [0.25, 0.3) is 0 Å². The lowest BCUT2D eigenvalue weighted by Crippen LogP contribution is -2.27. The molecule has 2 aromatic rings. The quantitative estimate of drug-likeness (QED) is 0.829. The third-order valence-corrected chi connectivity index (χ3v) is 3.89. The molecule has 0 aliphatic rings. The van der Waals surface area contributed by atoms with Gasteiger partial charge in [0, 0.05) is 11.4 Å². The Labute approximate surface area is 126 Å². The number of nitrogens with one attached hydrogen (secondary N) is 1. The Morgan fingerprint density at radius 3 is 2.48 bits per heavy atom. The lowest BCUT2D eigenvalue weighted by atomic mass is 10.1. The fourth-order valence-corrected chi connectivity index (χ4v) is 2.52. The molecule has 0 aliphatic carbocycles. The minimum absolute atomic E-state index is 0.148. The van der Waals surface area contributed by atoms with Gasteiger partial charge in [-0.3, -0.25) is 4.79 Å². The predicted octanol–water partition coefficient (Wildman–Crippen LogP) is 3.42. The first-order valence-electron chi connectivity index (χ1n) is 6.53. The SMILES string of the molecule is O=C(CSc1ccccc1F)NCCc1ccc(F)cc1. The summed E-state index contributed by atoms with van der Waals surface area (Å²) >= 11 is 1.17. The average Bonchev–Trinajstić information content (AvgIpc) is 2.48. The van der Waals surface area contributed by atoms with Gasteiger partial charge in [0.05, 0.1) is 5.75 Å². The normalized spacial score (nSPS) is 10.4. The van der Waals surface area contributed by atoms with Crippen LogP contribution in [0.25, 0.3) is 0 Å². The smallest absolute Gasteiger partial charge is 0.230 e. The van der Waals surface area contributed by atoms with Gasteiger partial charge in [-0.15, -0.1) is 11.8 Å². The van der Waals surface area contributed by atoms with Crippen molar-refractivity contribution in [3.05, 3.63) is 65.7 Å². The summed E-state index contributed by atoms with van der Waals surface area (Å²) in [7, 11) is 0. The van der Waals surface area contributed by atoms with E-state index in [9.17, 15) is 13.6 Å². The minimum Gasteiger partial charge on any atom is -0.355 e. The van der Waals surface area contributed by atoms with Gasteiger partial charge >= 0.3 is 0 Å².